The second-order valence-corrected chi connectivity index (χ2v) is 6.47. The molecule has 5 heteroatoms. The molecule has 0 aromatic heterocycles. The molecule has 1 heterocycles. The number of halogens is 2. The van der Waals surface area contributed by atoms with Crippen molar-refractivity contribution in [2.45, 2.75) is 12.8 Å². The summed E-state index contributed by atoms with van der Waals surface area (Å²) in [5.41, 5.74) is 0.361. The summed E-state index contributed by atoms with van der Waals surface area (Å²) in [4.78, 5) is 11.9. The van der Waals surface area contributed by atoms with E-state index in [0.717, 1.165) is 12.8 Å². The van der Waals surface area contributed by atoms with E-state index in [2.05, 4.69) is 21.2 Å². The maximum Gasteiger partial charge on any atom is 0.252 e. The Hall–Kier alpha value is -0.550. The fourth-order valence-corrected chi connectivity index (χ4v) is 3.59. The molecule has 1 aliphatic rings. The van der Waals surface area contributed by atoms with Crippen LogP contribution in [0.25, 0.3) is 0 Å². The molecule has 1 aromatic rings. The number of hydrogen-bond donors (Lipinski definition) is 1. The first-order valence-corrected chi connectivity index (χ1v) is 7.92. The van der Waals surface area contributed by atoms with E-state index in [4.69, 9.17) is 0 Å². The highest BCUT2D eigenvalue weighted by atomic mass is 79.9. The van der Waals surface area contributed by atoms with Crippen molar-refractivity contribution in [3.63, 3.8) is 0 Å². The molecule has 2 nitrogen and oxygen atoms in total. The topological polar surface area (TPSA) is 29.1 Å². The summed E-state index contributed by atoms with van der Waals surface area (Å²) in [6.45, 7) is 0.683. The molecule has 1 fully saturated rings. The lowest BCUT2D eigenvalue weighted by atomic mass is 10.0. The second kappa shape index (κ2) is 6.57. The first kappa shape index (κ1) is 13.9. The SMILES string of the molecule is O=C(NCC1CCSCC1)c1cc(F)ccc1Br. The smallest absolute Gasteiger partial charge is 0.252 e. The van der Waals surface area contributed by atoms with Gasteiger partial charge in [-0.1, -0.05) is 0 Å². The number of hydrogen-bond acceptors (Lipinski definition) is 2. The van der Waals surface area contributed by atoms with Gasteiger partial charge in [-0.05, 0) is 64.4 Å². The van der Waals surface area contributed by atoms with Crippen molar-refractivity contribution in [1.82, 2.24) is 5.32 Å². The minimum Gasteiger partial charge on any atom is -0.352 e. The fourth-order valence-electron chi connectivity index (χ4n) is 1.95. The van der Waals surface area contributed by atoms with Crippen LogP contribution in [0.1, 0.15) is 23.2 Å². The largest absolute Gasteiger partial charge is 0.352 e. The Morgan fingerprint density at radius 3 is 2.89 bits per heavy atom. The van der Waals surface area contributed by atoms with Crippen LogP contribution in [-0.4, -0.2) is 24.0 Å². The summed E-state index contributed by atoms with van der Waals surface area (Å²) < 4.78 is 13.7. The predicted octanol–water partition coefficient (Wildman–Crippen LogP) is 3.46. The van der Waals surface area contributed by atoms with Crippen molar-refractivity contribution in [2.24, 2.45) is 5.92 Å². The first-order valence-electron chi connectivity index (χ1n) is 5.98. The molecule has 0 aliphatic carbocycles. The van der Waals surface area contributed by atoms with Gasteiger partial charge in [0.25, 0.3) is 5.91 Å². The van der Waals surface area contributed by atoms with Crippen LogP contribution in [0.4, 0.5) is 4.39 Å². The number of carbonyl (C=O) groups excluding carboxylic acids is 1. The summed E-state index contributed by atoms with van der Waals surface area (Å²) in [6.07, 6.45) is 2.30. The van der Waals surface area contributed by atoms with Gasteiger partial charge in [0, 0.05) is 11.0 Å². The molecule has 18 heavy (non-hydrogen) atoms. The van der Waals surface area contributed by atoms with Crippen molar-refractivity contribution in [3.8, 4) is 0 Å². The number of nitrogens with one attached hydrogen (secondary N) is 1. The van der Waals surface area contributed by atoms with Gasteiger partial charge >= 0.3 is 0 Å². The highest BCUT2D eigenvalue weighted by Gasteiger charge is 2.16. The molecule has 0 radical (unpaired) electrons. The van der Waals surface area contributed by atoms with E-state index in [-0.39, 0.29) is 5.91 Å². The van der Waals surface area contributed by atoms with E-state index >= 15 is 0 Å². The molecule has 1 aromatic carbocycles. The number of amides is 1. The normalized spacial score (nSPS) is 16.6. The summed E-state index contributed by atoms with van der Waals surface area (Å²) in [6, 6.07) is 4.15. The van der Waals surface area contributed by atoms with E-state index in [1.807, 2.05) is 11.8 Å². The molecule has 0 bridgehead atoms. The van der Waals surface area contributed by atoms with Crippen LogP contribution in [0.2, 0.25) is 0 Å². The lowest BCUT2D eigenvalue weighted by Gasteiger charge is -2.21. The summed E-state index contributed by atoms with van der Waals surface area (Å²) in [5, 5.41) is 2.89. The van der Waals surface area contributed by atoms with Gasteiger partial charge < -0.3 is 5.32 Å². The predicted molar refractivity (Wildman–Crippen MR) is 76.5 cm³/mol. The number of benzene rings is 1. The third-order valence-corrected chi connectivity index (χ3v) is 4.81. The lowest BCUT2D eigenvalue weighted by molar-refractivity contribution is 0.0945. The van der Waals surface area contributed by atoms with Crippen LogP contribution in [0.3, 0.4) is 0 Å². The number of carbonyl (C=O) groups is 1. The fraction of sp³-hybridized carbons (Fsp3) is 0.462. The van der Waals surface area contributed by atoms with E-state index < -0.39 is 5.82 Å². The van der Waals surface area contributed by atoms with Crippen LogP contribution < -0.4 is 5.32 Å². The second-order valence-electron chi connectivity index (χ2n) is 4.39. The zero-order valence-electron chi connectivity index (χ0n) is 9.92. The van der Waals surface area contributed by atoms with Crippen molar-refractivity contribution in [2.75, 3.05) is 18.1 Å². The summed E-state index contributed by atoms with van der Waals surface area (Å²) >= 11 is 5.23. The van der Waals surface area contributed by atoms with Crippen LogP contribution >= 0.6 is 27.7 Å². The quantitative estimate of drug-likeness (QED) is 0.918. The highest BCUT2D eigenvalue weighted by Crippen LogP contribution is 2.22. The van der Waals surface area contributed by atoms with Crippen molar-refractivity contribution < 1.29 is 9.18 Å². The summed E-state index contributed by atoms with van der Waals surface area (Å²) in [5.74, 6) is 2.30. The molecule has 2 rings (SSSR count). The van der Waals surface area contributed by atoms with Gasteiger partial charge in [0.1, 0.15) is 5.82 Å². The third kappa shape index (κ3) is 3.72. The van der Waals surface area contributed by atoms with E-state index in [9.17, 15) is 9.18 Å². The standard InChI is InChI=1S/C13H15BrFNOS/c14-12-2-1-10(15)7-11(12)13(17)16-8-9-3-5-18-6-4-9/h1-2,7,9H,3-6,8H2,(H,16,17). The maximum absolute atomic E-state index is 13.1. The molecule has 1 saturated heterocycles. The number of rotatable bonds is 3. The van der Waals surface area contributed by atoms with Crippen LogP contribution in [0.15, 0.2) is 22.7 Å². The highest BCUT2D eigenvalue weighted by molar-refractivity contribution is 9.10. The maximum atomic E-state index is 13.1. The monoisotopic (exact) mass is 331 g/mol. The molecule has 0 spiro atoms. The Balaban J connectivity index is 1.92. The minimum absolute atomic E-state index is 0.209. The van der Waals surface area contributed by atoms with Crippen LogP contribution in [0.5, 0.6) is 0 Å². The lowest BCUT2D eigenvalue weighted by Crippen LogP contribution is -2.31. The zero-order valence-corrected chi connectivity index (χ0v) is 12.3. The Morgan fingerprint density at radius 2 is 2.17 bits per heavy atom. The molecule has 1 N–H and O–H groups in total. The third-order valence-electron chi connectivity index (χ3n) is 3.07. The zero-order chi connectivity index (χ0) is 13.0. The molecular formula is C13H15BrFNOS. The molecule has 0 unspecified atom stereocenters. The van der Waals surface area contributed by atoms with Crippen LogP contribution in [0, 0.1) is 11.7 Å². The molecular weight excluding hydrogens is 317 g/mol. The average Bonchev–Trinajstić information content (AvgIpc) is 2.40. The van der Waals surface area contributed by atoms with Gasteiger partial charge in [0.15, 0.2) is 0 Å². The molecule has 1 aliphatic heterocycles. The van der Waals surface area contributed by atoms with E-state index in [1.54, 1.807) is 6.07 Å². The Bertz CT molecular complexity index is 435. The van der Waals surface area contributed by atoms with Gasteiger partial charge in [-0.3, -0.25) is 4.79 Å². The van der Waals surface area contributed by atoms with Gasteiger partial charge in [-0.2, -0.15) is 11.8 Å². The van der Waals surface area contributed by atoms with Crippen LogP contribution in [-0.2, 0) is 0 Å². The molecule has 1 amide bonds. The molecule has 0 atom stereocenters. The Kier molecular flexibility index (Phi) is 5.06. The van der Waals surface area contributed by atoms with Gasteiger partial charge in [-0.25, -0.2) is 4.39 Å². The van der Waals surface area contributed by atoms with Crippen molar-refractivity contribution in [1.29, 1.82) is 0 Å². The Morgan fingerprint density at radius 1 is 1.44 bits per heavy atom. The van der Waals surface area contributed by atoms with Gasteiger partial charge in [0.05, 0.1) is 5.56 Å². The van der Waals surface area contributed by atoms with Gasteiger partial charge in [-0.15, -0.1) is 0 Å². The molecule has 0 saturated carbocycles. The van der Waals surface area contributed by atoms with Crippen molar-refractivity contribution in [3.05, 3.63) is 34.1 Å². The average molecular weight is 332 g/mol. The Labute approximate surface area is 119 Å². The molecule has 98 valence electrons. The van der Waals surface area contributed by atoms with Gasteiger partial charge in [0.2, 0.25) is 0 Å². The van der Waals surface area contributed by atoms with Crippen molar-refractivity contribution >= 4 is 33.6 Å². The summed E-state index contributed by atoms with van der Waals surface area (Å²) in [7, 11) is 0. The number of thioether (sulfide) groups is 1. The minimum atomic E-state index is -0.391. The first-order chi connectivity index (χ1) is 8.66. The van der Waals surface area contributed by atoms with E-state index in [0.29, 0.717) is 22.5 Å². The van der Waals surface area contributed by atoms with E-state index in [1.165, 1.54) is 23.6 Å².